The van der Waals surface area contributed by atoms with Crippen molar-refractivity contribution >= 4 is 5.97 Å². The summed E-state index contributed by atoms with van der Waals surface area (Å²) >= 11 is 0. The molecule has 1 N–H and O–H groups in total. The number of hydrogen-bond donors (Lipinski definition) is 1. The minimum atomic E-state index is -0.839. The second-order valence-corrected chi connectivity index (χ2v) is 9.98. The van der Waals surface area contributed by atoms with Crippen LogP contribution >= 0.6 is 0 Å². The fourth-order valence-electron chi connectivity index (χ4n) is 7.67. The lowest BCUT2D eigenvalue weighted by Gasteiger charge is -2.62. The summed E-state index contributed by atoms with van der Waals surface area (Å²) in [6, 6.07) is 0. The van der Waals surface area contributed by atoms with Gasteiger partial charge >= 0.3 is 5.97 Å². The Kier molecular flexibility index (Phi) is 3.39. The molecule has 0 aromatic carbocycles. The van der Waals surface area contributed by atoms with Crippen LogP contribution in [0.1, 0.15) is 46.0 Å². The molecule has 0 aromatic heterocycles. The van der Waals surface area contributed by atoms with Crippen LogP contribution in [0.15, 0.2) is 12.2 Å². The zero-order valence-electron chi connectivity index (χ0n) is 16.0. The maximum Gasteiger partial charge on any atom is 0.315 e. The van der Waals surface area contributed by atoms with Gasteiger partial charge in [0.25, 0.3) is 0 Å². The van der Waals surface area contributed by atoms with Crippen LogP contribution in [0.2, 0.25) is 0 Å². The van der Waals surface area contributed by atoms with Crippen LogP contribution in [0.4, 0.5) is 0 Å². The van der Waals surface area contributed by atoms with E-state index in [0.29, 0.717) is 13.0 Å². The maximum absolute atomic E-state index is 13.2. The summed E-state index contributed by atoms with van der Waals surface area (Å²) in [4.78, 5) is 13.2. The Morgan fingerprint density at radius 2 is 2.04 bits per heavy atom. The Labute approximate surface area is 155 Å². The molecule has 3 aliphatic carbocycles. The summed E-state index contributed by atoms with van der Waals surface area (Å²) in [5, 5.41) is 11.1. The Bertz CT molecular complexity index is 671. The Morgan fingerprint density at radius 3 is 2.77 bits per heavy atom. The van der Waals surface area contributed by atoms with Crippen LogP contribution in [0.25, 0.3) is 0 Å². The first-order valence-corrected chi connectivity index (χ1v) is 10.0. The third kappa shape index (κ3) is 1.71. The van der Waals surface area contributed by atoms with Gasteiger partial charge in [-0.2, -0.15) is 0 Å². The highest BCUT2D eigenvalue weighted by Crippen LogP contribution is 2.72. The molecule has 3 saturated carbocycles. The molecule has 144 valence electrons. The predicted molar refractivity (Wildman–Crippen MR) is 94.0 cm³/mol. The number of aliphatic hydroxyl groups is 1. The fraction of sp³-hybridized carbons (Fsp3) is 0.857. The number of carbonyl (C=O) groups excluding carboxylic acids is 1. The predicted octanol–water partition coefficient (Wildman–Crippen LogP) is 2.67. The van der Waals surface area contributed by atoms with E-state index in [4.69, 9.17) is 14.2 Å². The number of hydrogen-bond acceptors (Lipinski definition) is 5. The van der Waals surface area contributed by atoms with Gasteiger partial charge in [0.05, 0.1) is 12.7 Å². The molecule has 2 saturated heterocycles. The number of esters is 1. The molecule has 0 radical (unpaired) electrons. The normalized spacial score (nSPS) is 54.3. The second-order valence-electron chi connectivity index (χ2n) is 9.98. The topological polar surface area (TPSA) is 65.0 Å². The van der Waals surface area contributed by atoms with Crippen LogP contribution in [0, 0.1) is 34.0 Å². The van der Waals surface area contributed by atoms with Gasteiger partial charge in [0.1, 0.15) is 11.5 Å². The largest absolute Gasteiger partial charge is 0.461 e. The van der Waals surface area contributed by atoms with Crippen molar-refractivity contribution in [1.29, 1.82) is 0 Å². The van der Waals surface area contributed by atoms with Crippen LogP contribution in [0.5, 0.6) is 0 Å². The van der Waals surface area contributed by atoms with E-state index in [2.05, 4.69) is 20.4 Å². The molecule has 5 heteroatoms. The van der Waals surface area contributed by atoms with Crippen molar-refractivity contribution in [3.05, 3.63) is 12.2 Å². The van der Waals surface area contributed by atoms with Crippen molar-refractivity contribution < 1.29 is 24.1 Å². The molecule has 5 rings (SSSR count). The molecule has 5 aliphatic rings. The number of carbonyl (C=O) groups is 1. The van der Waals surface area contributed by atoms with Crippen LogP contribution < -0.4 is 0 Å². The summed E-state index contributed by atoms with van der Waals surface area (Å²) in [5.41, 5.74) is -0.245. The van der Waals surface area contributed by atoms with Crippen LogP contribution in [0.3, 0.4) is 0 Å². The van der Waals surface area contributed by atoms with Crippen molar-refractivity contribution in [1.82, 2.24) is 0 Å². The second kappa shape index (κ2) is 5.12. The van der Waals surface area contributed by atoms with E-state index in [1.54, 1.807) is 7.11 Å². The third-order valence-corrected chi connectivity index (χ3v) is 8.72. The van der Waals surface area contributed by atoms with E-state index in [-0.39, 0.29) is 46.9 Å². The summed E-state index contributed by atoms with van der Waals surface area (Å²) in [6.45, 7) is 9.25. The van der Waals surface area contributed by atoms with Gasteiger partial charge in [0.2, 0.25) is 0 Å². The fourth-order valence-corrected chi connectivity index (χ4v) is 7.67. The van der Waals surface area contributed by atoms with Gasteiger partial charge < -0.3 is 19.3 Å². The number of aliphatic hydroxyl groups excluding tert-OH is 1. The first-order chi connectivity index (χ1) is 12.3. The Hall–Kier alpha value is -0.910. The maximum atomic E-state index is 13.2. The van der Waals surface area contributed by atoms with Crippen molar-refractivity contribution in [2.75, 3.05) is 13.7 Å². The minimum Gasteiger partial charge on any atom is -0.461 e. The molecule has 2 aliphatic heterocycles. The molecule has 26 heavy (non-hydrogen) atoms. The molecule has 5 nitrogen and oxygen atoms in total. The van der Waals surface area contributed by atoms with E-state index < -0.39 is 11.5 Å². The first kappa shape index (κ1) is 17.2. The molecule has 5 fully saturated rings. The van der Waals surface area contributed by atoms with E-state index in [1.165, 1.54) is 0 Å². The van der Waals surface area contributed by atoms with Gasteiger partial charge in [0, 0.05) is 18.4 Å². The Balaban J connectivity index is 1.69. The van der Waals surface area contributed by atoms with Crippen molar-refractivity contribution in [3.8, 4) is 0 Å². The lowest BCUT2D eigenvalue weighted by molar-refractivity contribution is -0.249. The average Bonchev–Trinajstić information content (AvgIpc) is 3.10. The molecular weight excluding hydrogens is 332 g/mol. The standard InChI is InChI=1S/C21H30O5/c1-11-12-5-6-13-20(9-12,16(11)22)18(23)26-14-7-8-19(2,3)15-17(24-4)25-10-21(13,14)15/h12-17,22H,1,5-10H2,2-4H3. The highest BCUT2D eigenvalue weighted by atomic mass is 16.7. The van der Waals surface area contributed by atoms with Crippen molar-refractivity contribution in [2.45, 2.75) is 64.4 Å². The smallest absolute Gasteiger partial charge is 0.315 e. The lowest BCUT2D eigenvalue weighted by Crippen LogP contribution is -2.68. The van der Waals surface area contributed by atoms with Crippen molar-refractivity contribution in [3.63, 3.8) is 0 Å². The van der Waals surface area contributed by atoms with Gasteiger partial charge in [-0.3, -0.25) is 4.79 Å². The molecule has 2 spiro atoms. The van der Waals surface area contributed by atoms with Crippen LogP contribution in [-0.2, 0) is 19.0 Å². The van der Waals surface area contributed by atoms with Crippen LogP contribution in [-0.4, -0.2) is 43.3 Å². The number of rotatable bonds is 1. The molecule has 0 amide bonds. The zero-order chi connectivity index (χ0) is 18.5. The van der Waals surface area contributed by atoms with Gasteiger partial charge in [-0.05, 0) is 54.9 Å². The summed E-state index contributed by atoms with van der Waals surface area (Å²) in [6.07, 6.45) is 3.24. The summed E-state index contributed by atoms with van der Waals surface area (Å²) in [5.74, 6) is 0.258. The van der Waals surface area contributed by atoms with Gasteiger partial charge in [0.15, 0.2) is 6.29 Å². The number of methoxy groups -OCH3 is 1. The molecule has 0 aromatic rings. The average molecular weight is 362 g/mol. The lowest BCUT2D eigenvalue weighted by atomic mass is 9.44. The molecule has 2 heterocycles. The van der Waals surface area contributed by atoms with E-state index >= 15 is 0 Å². The quantitative estimate of drug-likeness (QED) is 0.574. The minimum absolute atomic E-state index is 0.0377. The van der Waals surface area contributed by atoms with Gasteiger partial charge in [-0.25, -0.2) is 0 Å². The molecular formula is C21H30O5. The van der Waals surface area contributed by atoms with E-state index in [9.17, 15) is 9.90 Å². The Morgan fingerprint density at radius 1 is 1.27 bits per heavy atom. The molecule has 8 unspecified atom stereocenters. The monoisotopic (exact) mass is 362 g/mol. The zero-order valence-corrected chi connectivity index (χ0v) is 16.0. The van der Waals surface area contributed by atoms with Gasteiger partial charge in [-0.1, -0.05) is 20.4 Å². The van der Waals surface area contributed by atoms with E-state index in [1.807, 2.05) is 0 Å². The summed E-state index contributed by atoms with van der Waals surface area (Å²) < 4.78 is 18.0. The highest BCUT2D eigenvalue weighted by Gasteiger charge is 2.77. The van der Waals surface area contributed by atoms with Crippen molar-refractivity contribution in [2.24, 2.45) is 34.0 Å². The number of ether oxygens (including phenoxy) is 3. The molecule has 8 atom stereocenters. The first-order valence-electron chi connectivity index (χ1n) is 10.0. The molecule has 2 bridgehead atoms. The van der Waals surface area contributed by atoms with E-state index in [0.717, 1.165) is 31.3 Å². The third-order valence-electron chi connectivity index (χ3n) is 8.72. The highest BCUT2D eigenvalue weighted by molar-refractivity contribution is 5.81. The summed E-state index contributed by atoms with van der Waals surface area (Å²) in [7, 11) is 1.71. The number of fused-ring (bicyclic) bond motifs is 1. The van der Waals surface area contributed by atoms with Gasteiger partial charge in [-0.15, -0.1) is 0 Å². The SMILES string of the molecule is C=C1C2CCC3C(C2)(C(=O)OC2CCC(C)(C)C4C(OC)OCC243)C1O.